The molecule has 1 aromatic rings. The summed E-state index contributed by atoms with van der Waals surface area (Å²) < 4.78 is 0. The lowest BCUT2D eigenvalue weighted by molar-refractivity contribution is 0.525. The maximum Gasteiger partial charge on any atom is 0.113 e. The van der Waals surface area contributed by atoms with Gasteiger partial charge in [0, 0.05) is 11.6 Å². The van der Waals surface area contributed by atoms with Crippen LogP contribution in [0.1, 0.15) is 62.8 Å². The van der Waals surface area contributed by atoms with Gasteiger partial charge in [0.05, 0.1) is 0 Å². The number of rotatable bonds is 0. The van der Waals surface area contributed by atoms with Gasteiger partial charge in [-0.1, -0.05) is 50.5 Å². The molecule has 0 aromatic carbocycles. The molecule has 0 spiro atoms. The van der Waals surface area contributed by atoms with Gasteiger partial charge in [-0.2, -0.15) is 0 Å². The van der Waals surface area contributed by atoms with Crippen molar-refractivity contribution in [2.75, 3.05) is 0 Å². The third kappa shape index (κ3) is 4.53. The van der Waals surface area contributed by atoms with Gasteiger partial charge in [0.1, 0.15) is 5.69 Å². The van der Waals surface area contributed by atoms with Crippen LogP contribution in [0.15, 0.2) is 18.2 Å². The summed E-state index contributed by atoms with van der Waals surface area (Å²) in [6.45, 7) is 2.02. The van der Waals surface area contributed by atoms with E-state index < -0.39 is 0 Å². The molecule has 0 amide bonds. The quantitative estimate of drug-likeness (QED) is 0.610. The van der Waals surface area contributed by atoms with Crippen molar-refractivity contribution in [1.82, 2.24) is 4.98 Å². The second-order valence-corrected chi connectivity index (χ2v) is 5.33. The average molecular weight is 241 g/mol. The Balaban J connectivity index is 1.98. The van der Waals surface area contributed by atoms with Gasteiger partial charge in [0.2, 0.25) is 0 Å². The second kappa shape index (κ2) is 7.21. The van der Waals surface area contributed by atoms with E-state index in [9.17, 15) is 0 Å². The van der Waals surface area contributed by atoms with E-state index in [0.717, 1.165) is 11.4 Å². The lowest BCUT2D eigenvalue weighted by Gasteiger charge is -2.07. The summed E-state index contributed by atoms with van der Waals surface area (Å²) in [5.41, 5.74) is 1.98. The number of hydrogen-bond donors (Lipinski definition) is 0. The topological polar surface area (TPSA) is 12.9 Å². The van der Waals surface area contributed by atoms with E-state index in [2.05, 4.69) is 16.8 Å². The molecule has 1 heteroatoms. The first-order valence-corrected chi connectivity index (χ1v) is 7.30. The Morgan fingerprint density at radius 2 is 1.67 bits per heavy atom. The Kier molecular flexibility index (Phi) is 5.27. The Labute approximate surface area is 111 Å². The zero-order chi connectivity index (χ0) is 12.6. The first-order valence-electron chi connectivity index (χ1n) is 7.30. The molecule has 0 N–H and O–H groups in total. The van der Waals surface area contributed by atoms with Crippen LogP contribution in [0.25, 0.3) is 0 Å². The fraction of sp³-hybridized carbons (Fsp3) is 0.588. The standard InChI is InChI=1S/C17H23N/c1-15-9-8-12-17(18-15)14-13-16-10-6-4-2-3-5-7-11-16/h8-9,12,16H,2-7,10-11H2,1H3. The molecule has 18 heavy (non-hydrogen) atoms. The molecule has 1 fully saturated rings. The molecule has 1 saturated carbocycles. The van der Waals surface area contributed by atoms with E-state index in [-0.39, 0.29) is 0 Å². The van der Waals surface area contributed by atoms with E-state index >= 15 is 0 Å². The smallest absolute Gasteiger partial charge is 0.113 e. The van der Waals surface area contributed by atoms with Gasteiger partial charge in [-0.15, -0.1) is 0 Å². The van der Waals surface area contributed by atoms with Crippen molar-refractivity contribution < 1.29 is 0 Å². The molecule has 1 aromatic heterocycles. The largest absolute Gasteiger partial charge is 0.245 e. The summed E-state index contributed by atoms with van der Waals surface area (Å²) in [7, 11) is 0. The monoisotopic (exact) mass is 241 g/mol. The molecule has 1 nitrogen and oxygen atoms in total. The summed E-state index contributed by atoms with van der Waals surface area (Å²) in [6, 6.07) is 6.07. The molecule has 0 atom stereocenters. The molecule has 0 unspecified atom stereocenters. The van der Waals surface area contributed by atoms with E-state index in [4.69, 9.17) is 0 Å². The van der Waals surface area contributed by atoms with E-state index in [0.29, 0.717) is 5.92 Å². The number of hydrogen-bond acceptors (Lipinski definition) is 1. The van der Waals surface area contributed by atoms with Gasteiger partial charge in [-0.25, -0.2) is 4.98 Å². The zero-order valence-electron chi connectivity index (χ0n) is 11.4. The highest BCUT2D eigenvalue weighted by Gasteiger charge is 2.07. The predicted molar refractivity (Wildman–Crippen MR) is 76.3 cm³/mol. The highest BCUT2D eigenvalue weighted by Crippen LogP contribution is 2.21. The zero-order valence-corrected chi connectivity index (χ0v) is 11.4. The molecule has 0 bridgehead atoms. The maximum atomic E-state index is 4.44. The Morgan fingerprint density at radius 3 is 2.33 bits per heavy atom. The van der Waals surface area contributed by atoms with E-state index in [1.54, 1.807) is 0 Å². The molecule has 1 aliphatic rings. The molecule has 2 rings (SSSR count). The second-order valence-electron chi connectivity index (χ2n) is 5.33. The summed E-state index contributed by atoms with van der Waals surface area (Å²) in [4.78, 5) is 4.44. The van der Waals surface area contributed by atoms with Crippen molar-refractivity contribution in [1.29, 1.82) is 0 Å². The van der Waals surface area contributed by atoms with Crippen molar-refractivity contribution in [3.05, 3.63) is 29.6 Å². The van der Waals surface area contributed by atoms with Crippen molar-refractivity contribution in [3.63, 3.8) is 0 Å². The summed E-state index contributed by atoms with van der Waals surface area (Å²) >= 11 is 0. The molecule has 0 saturated heterocycles. The predicted octanol–water partition coefficient (Wildman–Crippen LogP) is 4.49. The minimum absolute atomic E-state index is 0.588. The summed E-state index contributed by atoms with van der Waals surface area (Å²) in [6.07, 6.45) is 10.9. The third-order valence-corrected chi connectivity index (χ3v) is 3.65. The molecule has 0 radical (unpaired) electrons. The molecular formula is C17H23N. The van der Waals surface area contributed by atoms with E-state index in [1.165, 1.54) is 51.4 Å². The summed E-state index contributed by atoms with van der Waals surface area (Å²) in [5, 5.41) is 0. The summed E-state index contributed by atoms with van der Waals surface area (Å²) in [5.74, 6) is 7.30. The van der Waals surface area contributed by atoms with Gasteiger partial charge in [0.15, 0.2) is 0 Å². The first kappa shape index (κ1) is 13.1. The van der Waals surface area contributed by atoms with Crippen LogP contribution in [-0.2, 0) is 0 Å². The van der Waals surface area contributed by atoms with Crippen molar-refractivity contribution in [2.45, 2.75) is 58.3 Å². The van der Waals surface area contributed by atoms with Crippen LogP contribution in [0.2, 0.25) is 0 Å². The van der Waals surface area contributed by atoms with Crippen LogP contribution in [0.4, 0.5) is 0 Å². The van der Waals surface area contributed by atoms with Gasteiger partial charge in [-0.3, -0.25) is 0 Å². The van der Waals surface area contributed by atoms with Crippen molar-refractivity contribution >= 4 is 0 Å². The average Bonchev–Trinajstić information content (AvgIpc) is 2.50. The minimum atomic E-state index is 0.588. The lowest BCUT2D eigenvalue weighted by Crippen LogP contribution is -1.97. The Hall–Kier alpha value is -1.29. The third-order valence-electron chi connectivity index (χ3n) is 3.65. The molecule has 96 valence electrons. The number of aryl methyl sites for hydroxylation is 1. The van der Waals surface area contributed by atoms with Crippen LogP contribution in [-0.4, -0.2) is 4.98 Å². The first-order chi connectivity index (χ1) is 8.84. The van der Waals surface area contributed by atoms with Crippen molar-refractivity contribution in [3.8, 4) is 11.8 Å². The minimum Gasteiger partial charge on any atom is -0.245 e. The molecule has 1 heterocycles. The Bertz CT molecular complexity index is 415. The normalized spacial score (nSPS) is 18.1. The fourth-order valence-electron chi connectivity index (χ4n) is 2.57. The fourth-order valence-corrected chi connectivity index (χ4v) is 2.57. The highest BCUT2D eigenvalue weighted by molar-refractivity contribution is 5.29. The van der Waals surface area contributed by atoms with Crippen LogP contribution in [0.5, 0.6) is 0 Å². The molecular weight excluding hydrogens is 218 g/mol. The van der Waals surface area contributed by atoms with Gasteiger partial charge < -0.3 is 0 Å². The maximum absolute atomic E-state index is 4.44. The van der Waals surface area contributed by atoms with Crippen LogP contribution < -0.4 is 0 Å². The SMILES string of the molecule is Cc1cccc(C#CC2CCCCCCCC2)n1. The number of pyridine rings is 1. The number of aromatic nitrogens is 1. The van der Waals surface area contributed by atoms with Gasteiger partial charge in [-0.05, 0) is 37.8 Å². The van der Waals surface area contributed by atoms with Crippen LogP contribution in [0, 0.1) is 24.7 Å². The van der Waals surface area contributed by atoms with E-state index in [1.807, 2.05) is 25.1 Å². The molecule has 0 aliphatic heterocycles. The highest BCUT2D eigenvalue weighted by atomic mass is 14.7. The van der Waals surface area contributed by atoms with Gasteiger partial charge >= 0.3 is 0 Å². The Morgan fingerprint density at radius 1 is 1.00 bits per heavy atom. The van der Waals surface area contributed by atoms with Crippen molar-refractivity contribution in [2.24, 2.45) is 5.92 Å². The number of nitrogens with zero attached hydrogens (tertiary/aromatic N) is 1. The lowest BCUT2D eigenvalue weighted by atomic mass is 9.97. The molecule has 1 aliphatic carbocycles. The van der Waals surface area contributed by atoms with Gasteiger partial charge in [0.25, 0.3) is 0 Å². The van der Waals surface area contributed by atoms with Crippen LogP contribution in [0.3, 0.4) is 0 Å². The van der Waals surface area contributed by atoms with Crippen LogP contribution >= 0.6 is 0 Å².